The van der Waals surface area contributed by atoms with Crippen molar-refractivity contribution in [3.05, 3.63) is 29.6 Å². The number of nitrogens with zero attached hydrogens (tertiary/aromatic N) is 2. The number of hydrogen-bond donors (Lipinski definition) is 1. The number of carboxylic acids is 1. The first-order valence-corrected chi connectivity index (χ1v) is 6.49. The van der Waals surface area contributed by atoms with Gasteiger partial charge in [0.2, 0.25) is 0 Å². The van der Waals surface area contributed by atoms with E-state index in [4.69, 9.17) is 14.6 Å². The molecule has 1 atom stereocenters. The molecule has 0 bridgehead atoms. The molecule has 0 spiro atoms. The summed E-state index contributed by atoms with van der Waals surface area (Å²) in [5.74, 6) is -1.36. The molecule has 1 amide bonds. The highest BCUT2D eigenvalue weighted by molar-refractivity contribution is 5.95. The largest absolute Gasteiger partial charge is 0.477 e. The Morgan fingerprint density at radius 1 is 1.33 bits per heavy atom. The number of aromatic nitrogens is 1. The maximum atomic E-state index is 12.5. The Labute approximate surface area is 123 Å². The molecule has 0 aliphatic rings. The summed E-state index contributed by atoms with van der Waals surface area (Å²) in [7, 11) is 3.13. The molecule has 0 aromatic carbocycles. The normalized spacial score (nSPS) is 12.0. The van der Waals surface area contributed by atoms with Crippen LogP contribution in [0.4, 0.5) is 0 Å². The number of carbonyl (C=O) groups is 2. The summed E-state index contributed by atoms with van der Waals surface area (Å²) in [5, 5.41) is 8.81. The van der Waals surface area contributed by atoms with Crippen LogP contribution in [-0.2, 0) is 9.47 Å². The fourth-order valence-corrected chi connectivity index (χ4v) is 1.86. The van der Waals surface area contributed by atoms with Crippen molar-refractivity contribution in [2.24, 2.45) is 0 Å². The minimum atomic E-state index is -1.13. The smallest absolute Gasteiger partial charge is 0.354 e. The number of hydrogen-bond acceptors (Lipinski definition) is 5. The Balaban J connectivity index is 2.90. The van der Waals surface area contributed by atoms with E-state index in [0.717, 1.165) is 0 Å². The third-order valence-electron chi connectivity index (χ3n) is 2.97. The molecule has 0 aliphatic carbocycles. The summed E-state index contributed by atoms with van der Waals surface area (Å²) >= 11 is 0. The summed E-state index contributed by atoms with van der Waals surface area (Å²) < 4.78 is 10.1. The highest BCUT2D eigenvalue weighted by Crippen LogP contribution is 2.09. The van der Waals surface area contributed by atoms with E-state index in [-0.39, 0.29) is 17.6 Å². The van der Waals surface area contributed by atoms with E-state index >= 15 is 0 Å². The minimum Gasteiger partial charge on any atom is -0.477 e. The van der Waals surface area contributed by atoms with E-state index in [1.54, 1.807) is 19.1 Å². The van der Waals surface area contributed by atoms with Gasteiger partial charge in [-0.3, -0.25) is 4.79 Å². The molecule has 21 heavy (non-hydrogen) atoms. The minimum absolute atomic E-state index is 0.0973. The van der Waals surface area contributed by atoms with Crippen molar-refractivity contribution in [2.45, 2.75) is 13.0 Å². The fraction of sp³-hybridized carbons (Fsp3) is 0.500. The van der Waals surface area contributed by atoms with Crippen LogP contribution in [0.5, 0.6) is 0 Å². The van der Waals surface area contributed by atoms with Crippen LogP contribution in [0.3, 0.4) is 0 Å². The summed E-state index contributed by atoms with van der Waals surface area (Å²) in [6, 6.07) is 2.64. The molecule has 0 radical (unpaired) electrons. The van der Waals surface area contributed by atoms with Crippen molar-refractivity contribution in [1.82, 2.24) is 9.88 Å². The molecule has 1 N–H and O–H groups in total. The number of rotatable bonds is 8. The zero-order valence-electron chi connectivity index (χ0n) is 12.4. The van der Waals surface area contributed by atoms with E-state index in [2.05, 4.69) is 4.98 Å². The van der Waals surface area contributed by atoms with Crippen molar-refractivity contribution >= 4 is 11.9 Å². The first kappa shape index (κ1) is 17.1. The molecule has 7 nitrogen and oxygen atoms in total. The lowest BCUT2D eigenvalue weighted by atomic mass is 10.2. The van der Waals surface area contributed by atoms with Crippen LogP contribution in [0.15, 0.2) is 18.3 Å². The lowest BCUT2D eigenvalue weighted by molar-refractivity contribution is 0.0478. The Bertz CT molecular complexity index is 475. The van der Waals surface area contributed by atoms with Crippen LogP contribution >= 0.6 is 0 Å². The number of amides is 1. The summed E-state index contributed by atoms with van der Waals surface area (Å²) in [5.41, 5.74) is 0.235. The van der Waals surface area contributed by atoms with Crippen molar-refractivity contribution < 1.29 is 24.2 Å². The average molecular weight is 296 g/mol. The first-order valence-electron chi connectivity index (χ1n) is 6.49. The molecule has 0 fully saturated rings. The molecule has 0 saturated heterocycles. The van der Waals surface area contributed by atoms with Gasteiger partial charge in [-0.2, -0.15) is 0 Å². The Kier molecular flexibility index (Phi) is 6.77. The van der Waals surface area contributed by atoms with E-state index in [1.165, 1.54) is 18.3 Å². The second-order valence-corrected chi connectivity index (χ2v) is 4.53. The maximum Gasteiger partial charge on any atom is 0.354 e. The standard InChI is InChI=1S/C14H20N2O5/c1-10(9-21-3)16(6-7-20-2)13(17)11-4-5-12(14(18)19)15-8-11/h4-5,8,10H,6-7,9H2,1-3H3,(H,18,19). The molecule has 1 aromatic heterocycles. The van der Waals surface area contributed by atoms with Gasteiger partial charge in [0.05, 0.1) is 24.8 Å². The second-order valence-electron chi connectivity index (χ2n) is 4.53. The number of aromatic carboxylic acids is 1. The second kappa shape index (κ2) is 8.33. The van der Waals surface area contributed by atoms with Crippen LogP contribution in [0.1, 0.15) is 27.8 Å². The van der Waals surface area contributed by atoms with Crippen LogP contribution in [-0.4, -0.2) is 66.9 Å². The topological polar surface area (TPSA) is 89.0 Å². The third-order valence-corrected chi connectivity index (χ3v) is 2.97. The Morgan fingerprint density at radius 3 is 2.52 bits per heavy atom. The third kappa shape index (κ3) is 4.80. The van der Waals surface area contributed by atoms with Gasteiger partial charge < -0.3 is 19.5 Å². The average Bonchev–Trinajstić information content (AvgIpc) is 2.47. The molecule has 116 valence electrons. The SMILES string of the molecule is COCCN(C(=O)c1ccc(C(=O)O)nc1)C(C)COC. The van der Waals surface area contributed by atoms with Crippen LogP contribution in [0, 0.1) is 0 Å². The predicted molar refractivity (Wildman–Crippen MR) is 75.4 cm³/mol. The molecule has 1 rings (SSSR count). The van der Waals surface area contributed by atoms with Gasteiger partial charge in [-0.15, -0.1) is 0 Å². The van der Waals surface area contributed by atoms with Gasteiger partial charge in [-0.1, -0.05) is 0 Å². The first-order chi connectivity index (χ1) is 10.0. The van der Waals surface area contributed by atoms with Gasteiger partial charge >= 0.3 is 5.97 Å². The molecule has 1 unspecified atom stereocenters. The van der Waals surface area contributed by atoms with Crippen molar-refractivity contribution in [3.8, 4) is 0 Å². The van der Waals surface area contributed by atoms with Gasteiger partial charge in [0.15, 0.2) is 0 Å². The van der Waals surface area contributed by atoms with Gasteiger partial charge in [0.25, 0.3) is 5.91 Å². The van der Waals surface area contributed by atoms with Crippen molar-refractivity contribution in [1.29, 1.82) is 0 Å². The number of ether oxygens (including phenoxy) is 2. The molecule has 1 heterocycles. The van der Waals surface area contributed by atoms with E-state index in [1.807, 2.05) is 6.92 Å². The van der Waals surface area contributed by atoms with Gasteiger partial charge in [-0.25, -0.2) is 9.78 Å². The molecule has 0 aliphatic heterocycles. The number of pyridine rings is 1. The van der Waals surface area contributed by atoms with Crippen molar-refractivity contribution in [2.75, 3.05) is 34.0 Å². The Hall–Kier alpha value is -1.99. The Morgan fingerprint density at radius 2 is 2.05 bits per heavy atom. The number of methoxy groups -OCH3 is 2. The van der Waals surface area contributed by atoms with Gasteiger partial charge in [0.1, 0.15) is 5.69 Å². The quantitative estimate of drug-likeness (QED) is 0.767. The summed E-state index contributed by atoms with van der Waals surface area (Å²) in [6.07, 6.45) is 1.27. The van der Waals surface area contributed by atoms with E-state index < -0.39 is 5.97 Å². The van der Waals surface area contributed by atoms with E-state index in [9.17, 15) is 9.59 Å². The molecular weight excluding hydrogens is 276 g/mol. The highest BCUT2D eigenvalue weighted by Gasteiger charge is 2.21. The fourth-order valence-electron chi connectivity index (χ4n) is 1.86. The molecule has 0 saturated carbocycles. The zero-order valence-corrected chi connectivity index (χ0v) is 12.4. The lowest BCUT2D eigenvalue weighted by Crippen LogP contribution is -2.43. The number of carboxylic acid groups (broad SMARTS) is 1. The predicted octanol–water partition coefficient (Wildman–Crippen LogP) is 0.903. The van der Waals surface area contributed by atoms with Crippen LogP contribution < -0.4 is 0 Å². The van der Waals surface area contributed by atoms with Crippen LogP contribution in [0.2, 0.25) is 0 Å². The van der Waals surface area contributed by atoms with Crippen molar-refractivity contribution in [3.63, 3.8) is 0 Å². The van der Waals surface area contributed by atoms with Crippen LogP contribution in [0.25, 0.3) is 0 Å². The molecular formula is C14H20N2O5. The van der Waals surface area contributed by atoms with E-state index in [0.29, 0.717) is 25.3 Å². The van der Waals surface area contributed by atoms with Gasteiger partial charge in [0, 0.05) is 27.0 Å². The number of carbonyl (C=O) groups excluding carboxylic acids is 1. The zero-order chi connectivity index (χ0) is 15.8. The molecule has 7 heteroatoms. The summed E-state index contributed by atoms with van der Waals surface area (Å²) in [4.78, 5) is 28.6. The highest BCUT2D eigenvalue weighted by atomic mass is 16.5. The monoisotopic (exact) mass is 296 g/mol. The molecule has 1 aromatic rings. The lowest BCUT2D eigenvalue weighted by Gasteiger charge is -2.28. The maximum absolute atomic E-state index is 12.5. The van der Waals surface area contributed by atoms with Gasteiger partial charge in [-0.05, 0) is 19.1 Å². The summed E-state index contributed by atoms with van der Waals surface area (Å²) in [6.45, 7) is 3.09.